The smallest absolute Gasteiger partial charge is 0.191 e. The summed E-state index contributed by atoms with van der Waals surface area (Å²) >= 11 is 1.73. The molecule has 1 aliphatic rings. The molecule has 0 aromatic carbocycles. The van der Waals surface area contributed by atoms with E-state index in [1.54, 1.807) is 11.3 Å². The SMILES string of the molecule is CN=C(NCc1csc(C(C)C)n1)NC1CCN(c2ccc(C)cn2)CC1. The van der Waals surface area contributed by atoms with Crippen molar-refractivity contribution in [3.63, 3.8) is 0 Å². The second kappa shape index (κ2) is 9.17. The molecule has 6 nitrogen and oxygen atoms in total. The number of nitrogens with one attached hydrogen (secondary N) is 2. The predicted molar refractivity (Wildman–Crippen MR) is 114 cm³/mol. The third kappa shape index (κ3) is 5.42. The van der Waals surface area contributed by atoms with Gasteiger partial charge in [-0.15, -0.1) is 11.3 Å². The number of piperidine rings is 1. The van der Waals surface area contributed by atoms with Crippen LogP contribution in [0.5, 0.6) is 0 Å². The van der Waals surface area contributed by atoms with Gasteiger partial charge in [-0.05, 0) is 31.4 Å². The van der Waals surface area contributed by atoms with E-state index in [1.807, 2.05) is 13.2 Å². The number of rotatable bonds is 5. The van der Waals surface area contributed by atoms with E-state index in [-0.39, 0.29) is 0 Å². The molecule has 0 unspecified atom stereocenters. The van der Waals surface area contributed by atoms with E-state index < -0.39 is 0 Å². The Bertz CT molecular complexity index is 744. The van der Waals surface area contributed by atoms with Gasteiger partial charge in [-0.25, -0.2) is 9.97 Å². The molecule has 2 aromatic heterocycles. The zero-order valence-corrected chi connectivity index (χ0v) is 17.5. The highest BCUT2D eigenvalue weighted by molar-refractivity contribution is 7.09. The van der Waals surface area contributed by atoms with Crippen LogP contribution in [0.2, 0.25) is 0 Å². The van der Waals surface area contributed by atoms with Gasteiger partial charge < -0.3 is 15.5 Å². The molecule has 0 bridgehead atoms. The van der Waals surface area contributed by atoms with Crippen LogP contribution in [0.15, 0.2) is 28.7 Å². The summed E-state index contributed by atoms with van der Waals surface area (Å²) in [6.45, 7) is 9.14. The quantitative estimate of drug-likeness (QED) is 0.610. The van der Waals surface area contributed by atoms with E-state index >= 15 is 0 Å². The Balaban J connectivity index is 1.45. The fraction of sp³-hybridized carbons (Fsp3) is 0.550. The number of aromatic nitrogens is 2. The molecule has 146 valence electrons. The van der Waals surface area contributed by atoms with Crippen molar-refractivity contribution in [2.24, 2.45) is 4.99 Å². The van der Waals surface area contributed by atoms with Crippen molar-refractivity contribution in [2.45, 2.75) is 52.1 Å². The highest BCUT2D eigenvalue weighted by atomic mass is 32.1. The highest BCUT2D eigenvalue weighted by Crippen LogP contribution is 2.19. The van der Waals surface area contributed by atoms with Gasteiger partial charge in [-0.1, -0.05) is 19.9 Å². The number of pyridine rings is 1. The van der Waals surface area contributed by atoms with E-state index in [2.05, 4.69) is 68.8 Å². The molecule has 0 amide bonds. The second-order valence-electron chi connectivity index (χ2n) is 7.36. The number of anilines is 1. The van der Waals surface area contributed by atoms with Gasteiger partial charge in [0.05, 0.1) is 17.2 Å². The third-order valence-electron chi connectivity index (χ3n) is 4.78. The summed E-state index contributed by atoms with van der Waals surface area (Å²) < 4.78 is 0. The second-order valence-corrected chi connectivity index (χ2v) is 8.25. The van der Waals surface area contributed by atoms with Crippen molar-refractivity contribution in [3.8, 4) is 0 Å². The summed E-state index contributed by atoms with van der Waals surface area (Å²) in [4.78, 5) is 15.9. The Kier molecular flexibility index (Phi) is 6.66. The van der Waals surface area contributed by atoms with Gasteiger partial charge in [-0.3, -0.25) is 4.99 Å². The molecule has 0 spiro atoms. The molecule has 2 aromatic rings. The fourth-order valence-electron chi connectivity index (χ4n) is 3.13. The number of hydrogen-bond acceptors (Lipinski definition) is 5. The molecule has 3 heterocycles. The molecule has 2 N–H and O–H groups in total. The summed E-state index contributed by atoms with van der Waals surface area (Å²) in [5.74, 6) is 2.40. The Morgan fingerprint density at radius 3 is 2.70 bits per heavy atom. The van der Waals surface area contributed by atoms with E-state index in [0.29, 0.717) is 18.5 Å². The van der Waals surface area contributed by atoms with Crippen LogP contribution in [0, 0.1) is 6.92 Å². The number of nitrogens with zero attached hydrogens (tertiary/aromatic N) is 4. The summed E-state index contributed by atoms with van der Waals surface area (Å²) in [5.41, 5.74) is 2.28. The van der Waals surface area contributed by atoms with Crippen LogP contribution in [0.25, 0.3) is 0 Å². The zero-order chi connectivity index (χ0) is 19.2. The average molecular weight is 387 g/mol. The van der Waals surface area contributed by atoms with Crippen LogP contribution in [0.3, 0.4) is 0 Å². The lowest BCUT2D eigenvalue weighted by atomic mass is 10.1. The maximum Gasteiger partial charge on any atom is 0.191 e. The first kappa shape index (κ1) is 19.6. The van der Waals surface area contributed by atoms with Crippen LogP contribution in [-0.4, -0.2) is 42.1 Å². The molecule has 1 fully saturated rings. The first-order chi connectivity index (χ1) is 13.0. The van der Waals surface area contributed by atoms with Gasteiger partial charge in [0, 0.05) is 43.7 Å². The van der Waals surface area contributed by atoms with Gasteiger partial charge in [0.25, 0.3) is 0 Å². The number of aliphatic imine (C=N–C) groups is 1. The lowest BCUT2D eigenvalue weighted by Crippen LogP contribution is -2.48. The molecule has 7 heteroatoms. The van der Waals surface area contributed by atoms with Gasteiger partial charge in [0.1, 0.15) is 5.82 Å². The van der Waals surface area contributed by atoms with Crippen LogP contribution >= 0.6 is 11.3 Å². The molecular formula is C20H30N6S. The van der Waals surface area contributed by atoms with E-state index in [1.165, 1.54) is 10.6 Å². The van der Waals surface area contributed by atoms with E-state index in [4.69, 9.17) is 0 Å². The molecule has 27 heavy (non-hydrogen) atoms. The van der Waals surface area contributed by atoms with Crippen LogP contribution in [0.1, 0.15) is 48.9 Å². The van der Waals surface area contributed by atoms with Crippen molar-refractivity contribution in [2.75, 3.05) is 25.0 Å². The Morgan fingerprint density at radius 1 is 1.33 bits per heavy atom. The molecule has 3 rings (SSSR count). The third-order valence-corrected chi connectivity index (χ3v) is 5.97. The van der Waals surface area contributed by atoms with Crippen molar-refractivity contribution in [1.82, 2.24) is 20.6 Å². The summed E-state index contributed by atoms with van der Waals surface area (Å²) in [7, 11) is 1.82. The summed E-state index contributed by atoms with van der Waals surface area (Å²) in [6, 6.07) is 4.67. The minimum absolute atomic E-state index is 0.430. The van der Waals surface area contributed by atoms with Crippen LogP contribution in [-0.2, 0) is 6.54 Å². The lowest BCUT2D eigenvalue weighted by molar-refractivity contribution is 0.459. The normalized spacial score (nSPS) is 16.0. The number of guanidine groups is 1. The van der Waals surface area contributed by atoms with E-state index in [9.17, 15) is 0 Å². The minimum atomic E-state index is 0.430. The number of thiazole rings is 1. The molecule has 0 atom stereocenters. The maximum absolute atomic E-state index is 4.67. The molecule has 0 radical (unpaired) electrons. The Labute approximate surface area is 166 Å². The zero-order valence-electron chi connectivity index (χ0n) is 16.7. The summed E-state index contributed by atoms with van der Waals surface area (Å²) in [6.07, 6.45) is 4.09. The van der Waals surface area contributed by atoms with Crippen LogP contribution < -0.4 is 15.5 Å². The lowest BCUT2D eigenvalue weighted by Gasteiger charge is -2.33. The van der Waals surface area contributed by atoms with Crippen LogP contribution in [0.4, 0.5) is 5.82 Å². The first-order valence-electron chi connectivity index (χ1n) is 9.64. The average Bonchev–Trinajstić information content (AvgIpc) is 3.16. The molecule has 0 aliphatic carbocycles. The number of aryl methyl sites for hydroxylation is 1. The minimum Gasteiger partial charge on any atom is -0.356 e. The number of hydrogen-bond donors (Lipinski definition) is 2. The molecule has 1 saturated heterocycles. The van der Waals surface area contributed by atoms with Crippen molar-refractivity contribution < 1.29 is 0 Å². The Hall–Kier alpha value is -2.15. The maximum atomic E-state index is 4.67. The monoisotopic (exact) mass is 386 g/mol. The van der Waals surface area contributed by atoms with Gasteiger partial charge in [0.2, 0.25) is 0 Å². The van der Waals surface area contributed by atoms with Crippen molar-refractivity contribution in [1.29, 1.82) is 0 Å². The van der Waals surface area contributed by atoms with Crippen molar-refractivity contribution >= 4 is 23.1 Å². The molecular weight excluding hydrogens is 356 g/mol. The topological polar surface area (TPSA) is 65.4 Å². The summed E-state index contributed by atoms with van der Waals surface area (Å²) in [5, 5.41) is 10.3. The van der Waals surface area contributed by atoms with Gasteiger partial charge >= 0.3 is 0 Å². The van der Waals surface area contributed by atoms with Gasteiger partial charge in [-0.2, -0.15) is 0 Å². The standard InChI is InChI=1S/C20H30N6S/c1-14(2)19-24-17(13-27-19)12-23-20(21-4)25-16-7-9-26(10-8-16)18-6-5-15(3)11-22-18/h5-6,11,13-14,16H,7-10,12H2,1-4H3,(H2,21,23,25). The van der Waals surface area contributed by atoms with E-state index in [0.717, 1.165) is 43.4 Å². The fourth-order valence-corrected chi connectivity index (χ4v) is 3.97. The first-order valence-corrected chi connectivity index (χ1v) is 10.5. The molecule has 1 aliphatic heterocycles. The molecule has 0 saturated carbocycles. The largest absolute Gasteiger partial charge is 0.356 e. The van der Waals surface area contributed by atoms with Gasteiger partial charge in [0.15, 0.2) is 5.96 Å². The van der Waals surface area contributed by atoms with Crippen molar-refractivity contribution in [3.05, 3.63) is 40.0 Å². The Morgan fingerprint density at radius 2 is 2.11 bits per heavy atom. The highest BCUT2D eigenvalue weighted by Gasteiger charge is 2.21. The predicted octanol–water partition coefficient (Wildman–Crippen LogP) is 3.30.